The number of ether oxygens (including phenoxy) is 1. The second kappa shape index (κ2) is 7.67. The van der Waals surface area contributed by atoms with Crippen LogP contribution in [0.5, 0.6) is 5.75 Å². The maximum atomic E-state index is 12.8. The minimum atomic E-state index is -0.470. The van der Waals surface area contributed by atoms with Crippen molar-refractivity contribution in [2.24, 2.45) is 5.84 Å². The van der Waals surface area contributed by atoms with Crippen molar-refractivity contribution in [2.75, 3.05) is 6.61 Å². The summed E-state index contributed by atoms with van der Waals surface area (Å²) in [5.74, 6) is 5.47. The van der Waals surface area contributed by atoms with E-state index in [1.807, 2.05) is 24.3 Å². The van der Waals surface area contributed by atoms with Crippen molar-refractivity contribution in [3.63, 3.8) is 0 Å². The zero-order chi connectivity index (χ0) is 17.8. The molecule has 1 fully saturated rings. The molecule has 2 amide bonds. The van der Waals surface area contributed by atoms with Crippen LogP contribution >= 0.6 is 11.8 Å². The molecule has 0 aromatic heterocycles. The number of thioether (sulfide) groups is 1. The molecule has 2 aromatic carbocycles. The van der Waals surface area contributed by atoms with Crippen LogP contribution in [0.4, 0.5) is 9.18 Å². The quantitative estimate of drug-likeness (QED) is 0.633. The van der Waals surface area contributed by atoms with Crippen molar-refractivity contribution in [1.82, 2.24) is 5.01 Å². The predicted octanol–water partition coefficient (Wildman–Crippen LogP) is 2.93. The van der Waals surface area contributed by atoms with E-state index in [1.54, 1.807) is 12.1 Å². The van der Waals surface area contributed by atoms with Crippen molar-refractivity contribution >= 4 is 22.9 Å². The summed E-state index contributed by atoms with van der Waals surface area (Å²) < 4.78 is 18.5. The van der Waals surface area contributed by atoms with E-state index in [-0.39, 0.29) is 11.7 Å². The number of nitrogens with zero attached hydrogens (tertiary/aromatic N) is 1. The molecular formula is C18H17FN2O3S. The van der Waals surface area contributed by atoms with Crippen LogP contribution in [-0.2, 0) is 17.6 Å². The summed E-state index contributed by atoms with van der Waals surface area (Å²) in [6, 6.07) is 13.7. The van der Waals surface area contributed by atoms with Gasteiger partial charge in [0, 0.05) is 6.42 Å². The maximum absolute atomic E-state index is 12.8. The zero-order valence-corrected chi connectivity index (χ0v) is 14.2. The molecule has 0 spiro atoms. The minimum absolute atomic E-state index is 0.251. The van der Waals surface area contributed by atoms with E-state index in [0.717, 1.165) is 22.9 Å². The Morgan fingerprint density at radius 3 is 2.28 bits per heavy atom. The molecule has 1 aliphatic rings. The van der Waals surface area contributed by atoms with E-state index in [4.69, 9.17) is 10.6 Å². The number of hydrazine groups is 1. The van der Waals surface area contributed by atoms with E-state index in [1.165, 1.54) is 12.1 Å². The SMILES string of the molecule is NN1C(=O)SC(Cc2ccc(OCCc3ccc(F)cc3)cc2)C1=O. The number of amides is 2. The lowest BCUT2D eigenvalue weighted by Crippen LogP contribution is -2.37. The smallest absolute Gasteiger partial charge is 0.303 e. The highest BCUT2D eigenvalue weighted by atomic mass is 32.2. The summed E-state index contributed by atoms with van der Waals surface area (Å²) in [6.07, 6.45) is 1.13. The van der Waals surface area contributed by atoms with Crippen molar-refractivity contribution < 1.29 is 18.7 Å². The Bertz CT molecular complexity index is 765. The number of carbonyl (C=O) groups excluding carboxylic acids is 2. The topological polar surface area (TPSA) is 72.6 Å². The molecule has 1 heterocycles. The highest BCUT2D eigenvalue weighted by molar-refractivity contribution is 8.15. The number of hydrogen-bond acceptors (Lipinski definition) is 5. The van der Waals surface area contributed by atoms with E-state index in [0.29, 0.717) is 30.2 Å². The van der Waals surface area contributed by atoms with Gasteiger partial charge in [-0.15, -0.1) is 0 Å². The molecule has 5 nitrogen and oxygen atoms in total. The van der Waals surface area contributed by atoms with Gasteiger partial charge in [0.15, 0.2) is 0 Å². The summed E-state index contributed by atoms with van der Waals surface area (Å²) in [5.41, 5.74) is 1.94. The van der Waals surface area contributed by atoms with Gasteiger partial charge >= 0.3 is 5.24 Å². The molecule has 0 radical (unpaired) electrons. The normalized spacial score (nSPS) is 17.2. The summed E-state index contributed by atoms with van der Waals surface area (Å²) in [5, 5.41) is -0.221. The van der Waals surface area contributed by atoms with Crippen LogP contribution in [0.15, 0.2) is 48.5 Å². The van der Waals surface area contributed by atoms with E-state index in [9.17, 15) is 14.0 Å². The van der Waals surface area contributed by atoms with Crippen molar-refractivity contribution in [2.45, 2.75) is 18.1 Å². The lowest BCUT2D eigenvalue weighted by atomic mass is 10.1. The third-order valence-corrected chi connectivity index (χ3v) is 4.92. The van der Waals surface area contributed by atoms with E-state index < -0.39 is 10.5 Å². The summed E-state index contributed by atoms with van der Waals surface area (Å²) in [6.45, 7) is 0.485. The van der Waals surface area contributed by atoms with Crippen molar-refractivity contribution in [3.05, 3.63) is 65.5 Å². The second-order valence-electron chi connectivity index (χ2n) is 5.65. The molecule has 1 saturated heterocycles. The number of nitrogens with two attached hydrogens (primary N) is 1. The van der Waals surface area contributed by atoms with Gasteiger partial charge in [0.2, 0.25) is 0 Å². The number of imide groups is 1. The third-order valence-electron chi connectivity index (χ3n) is 3.87. The first-order valence-corrected chi connectivity index (χ1v) is 8.66. The number of hydrogen-bond donors (Lipinski definition) is 1. The highest BCUT2D eigenvalue weighted by Crippen LogP contribution is 2.27. The maximum Gasteiger partial charge on any atom is 0.303 e. The molecule has 1 aliphatic heterocycles. The monoisotopic (exact) mass is 360 g/mol. The molecular weight excluding hydrogens is 343 g/mol. The molecule has 0 saturated carbocycles. The van der Waals surface area contributed by atoms with Gasteiger partial charge in [0.05, 0.1) is 11.9 Å². The molecule has 0 aliphatic carbocycles. The Balaban J connectivity index is 1.49. The number of benzene rings is 2. The van der Waals surface area contributed by atoms with Crippen LogP contribution in [-0.4, -0.2) is 28.0 Å². The lowest BCUT2D eigenvalue weighted by molar-refractivity contribution is -0.126. The molecule has 2 aromatic rings. The first-order chi connectivity index (χ1) is 12.0. The molecule has 7 heteroatoms. The molecule has 2 N–H and O–H groups in total. The van der Waals surface area contributed by atoms with E-state index >= 15 is 0 Å². The molecule has 0 bridgehead atoms. The lowest BCUT2D eigenvalue weighted by Gasteiger charge is -2.09. The van der Waals surface area contributed by atoms with E-state index in [2.05, 4.69) is 0 Å². The van der Waals surface area contributed by atoms with Crippen LogP contribution in [0.1, 0.15) is 11.1 Å². The van der Waals surface area contributed by atoms with Crippen LogP contribution in [0.25, 0.3) is 0 Å². The van der Waals surface area contributed by atoms with Crippen LogP contribution in [0.2, 0.25) is 0 Å². The minimum Gasteiger partial charge on any atom is -0.493 e. The van der Waals surface area contributed by atoms with Crippen molar-refractivity contribution in [1.29, 1.82) is 0 Å². The summed E-state index contributed by atoms with van der Waals surface area (Å²) >= 11 is 0.948. The molecule has 1 atom stereocenters. The summed E-state index contributed by atoms with van der Waals surface area (Å²) in [7, 11) is 0. The van der Waals surface area contributed by atoms with Crippen molar-refractivity contribution in [3.8, 4) is 5.75 Å². The average Bonchev–Trinajstić information content (AvgIpc) is 2.85. The Hall–Kier alpha value is -2.38. The predicted molar refractivity (Wildman–Crippen MR) is 93.6 cm³/mol. The molecule has 3 rings (SSSR count). The highest BCUT2D eigenvalue weighted by Gasteiger charge is 2.37. The largest absolute Gasteiger partial charge is 0.493 e. The van der Waals surface area contributed by atoms with Crippen LogP contribution < -0.4 is 10.6 Å². The Morgan fingerprint density at radius 2 is 1.68 bits per heavy atom. The third kappa shape index (κ3) is 4.37. The molecule has 1 unspecified atom stereocenters. The fourth-order valence-corrected chi connectivity index (χ4v) is 3.41. The first kappa shape index (κ1) is 17.4. The van der Waals surface area contributed by atoms with Gasteiger partial charge in [-0.2, -0.15) is 0 Å². The fraction of sp³-hybridized carbons (Fsp3) is 0.222. The number of rotatable bonds is 6. The van der Waals surface area contributed by atoms with Gasteiger partial charge in [-0.25, -0.2) is 15.2 Å². The van der Waals surface area contributed by atoms with Gasteiger partial charge in [0.1, 0.15) is 11.6 Å². The van der Waals surface area contributed by atoms with Gasteiger partial charge in [-0.3, -0.25) is 9.59 Å². The Kier molecular flexibility index (Phi) is 5.35. The standard InChI is InChI=1S/C18H17FN2O3S/c19-14-5-1-12(2-6-14)9-10-24-15-7-3-13(4-8-15)11-16-17(22)21(20)18(23)25-16/h1-8,16H,9-11,20H2. The summed E-state index contributed by atoms with van der Waals surface area (Å²) in [4.78, 5) is 23.2. The first-order valence-electron chi connectivity index (χ1n) is 7.78. The fourth-order valence-electron chi connectivity index (χ4n) is 2.48. The van der Waals surface area contributed by atoms with Gasteiger partial charge in [0.25, 0.3) is 5.91 Å². The van der Waals surface area contributed by atoms with Gasteiger partial charge in [-0.05, 0) is 53.6 Å². The van der Waals surface area contributed by atoms with Crippen LogP contribution in [0, 0.1) is 5.82 Å². The Labute approximate surface area is 148 Å². The second-order valence-corrected chi connectivity index (χ2v) is 6.81. The molecule has 25 heavy (non-hydrogen) atoms. The Morgan fingerprint density at radius 1 is 1.04 bits per heavy atom. The van der Waals surface area contributed by atoms with Crippen LogP contribution in [0.3, 0.4) is 0 Å². The number of carbonyl (C=O) groups is 2. The average molecular weight is 360 g/mol. The number of halogens is 1. The van der Waals surface area contributed by atoms with Gasteiger partial charge < -0.3 is 4.74 Å². The van der Waals surface area contributed by atoms with Gasteiger partial charge in [-0.1, -0.05) is 24.3 Å². The molecule has 130 valence electrons. The zero-order valence-electron chi connectivity index (χ0n) is 13.4.